The number of pyridine rings is 1. The van der Waals surface area contributed by atoms with Crippen molar-refractivity contribution in [3.63, 3.8) is 0 Å². The van der Waals surface area contributed by atoms with Crippen molar-refractivity contribution in [1.82, 2.24) is 10.3 Å². The molecule has 1 aliphatic rings. The average Bonchev–Trinajstić information content (AvgIpc) is 2.68. The fraction of sp³-hybridized carbons (Fsp3) is 0.545. The molecule has 4 heteroatoms. The highest BCUT2D eigenvalue weighted by molar-refractivity contribution is 14.1. The lowest BCUT2D eigenvalue weighted by Crippen LogP contribution is -2.32. The van der Waals surface area contributed by atoms with Gasteiger partial charge in [0, 0.05) is 28.9 Å². The van der Waals surface area contributed by atoms with Crippen molar-refractivity contribution in [3.05, 3.63) is 21.9 Å². The second-order valence-electron chi connectivity index (χ2n) is 3.82. The first-order chi connectivity index (χ1) is 7.29. The van der Waals surface area contributed by atoms with Gasteiger partial charge in [0.25, 0.3) is 0 Å². The summed E-state index contributed by atoms with van der Waals surface area (Å²) >= 11 is 2.28. The smallest absolute Gasteiger partial charge is 0.128 e. The third-order valence-electron chi connectivity index (χ3n) is 2.72. The first-order valence-corrected chi connectivity index (χ1v) is 6.47. The van der Waals surface area contributed by atoms with E-state index in [0.29, 0.717) is 6.04 Å². The van der Waals surface area contributed by atoms with Crippen molar-refractivity contribution in [2.24, 2.45) is 0 Å². The van der Waals surface area contributed by atoms with Crippen molar-refractivity contribution in [2.45, 2.75) is 19.4 Å². The first-order valence-electron chi connectivity index (χ1n) is 5.39. The monoisotopic (exact) mass is 317 g/mol. The Bertz CT molecular complexity index is 312. The van der Waals surface area contributed by atoms with E-state index in [9.17, 15) is 0 Å². The van der Waals surface area contributed by atoms with Crippen molar-refractivity contribution < 1.29 is 0 Å². The lowest BCUT2D eigenvalue weighted by Gasteiger charge is -2.17. The highest BCUT2D eigenvalue weighted by Crippen LogP contribution is 2.18. The van der Waals surface area contributed by atoms with E-state index < -0.39 is 0 Å². The van der Waals surface area contributed by atoms with Crippen molar-refractivity contribution in [1.29, 1.82) is 0 Å². The van der Waals surface area contributed by atoms with E-state index in [1.807, 2.05) is 6.20 Å². The molecule has 3 nitrogen and oxygen atoms in total. The topological polar surface area (TPSA) is 28.2 Å². The van der Waals surface area contributed by atoms with Crippen LogP contribution in [0.15, 0.2) is 18.3 Å². The van der Waals surface area contributed by atoms with Gasteiger partial charge in [-0.3, -0.25) is 0 Å². The maximum Gasteiger partial charge on any atom is 0.128 e. The Labute approximate surface area is 104 Å². The summed E-state index contributed by atoms with van der Waals surface area (Å²) in [5.41, 5.74) is 0. The molecule has 1 fully saturated rings. The van der Waals surface area contributed by atoms with E-state index in [4.69, 9.17) is 0 Å². The number of nitrogens with one attached hydrogen (secondary N) is 1. The summed E-state index contributed by atoms with van der Waals surface area (Å²) in [5.74, 6) is 1.11. The van der Waals surface area contributed by atoms with Gasteiger partial charge in [-0.2, -0.15) is 0 Å². The minimum absolute atomic E-state index is 0.635. The van der Waals surface area contributed by atoms with Crippen LogP contribution in [0.1, 0.15) is 13.3 Å². The van der Waals surface area contributed by atoms with Gasteiger partial charge in [-0.25, -0.2) is 4.98 Å². The van der Waals surface area contributed by atoms with Crippen LogP contribution in [-0.4, -0.2) is 30.7 Å². The number of hydrogen-bond acceptors (Lipinski definition) is 3. The van der Waals surface area contributed by atoms with E-state index in [1.54, 1.807) is 0 Å². The number of rotatable bonds is 3. The van der Waals surface area contributed by atoms with Crippen LogP contribution in [0, 0.1) is 3.57 Å². The van der Waals surface area contributed by atoms with Crippen LogP contribution in [-0.2, 0) is 0 Å². The predicted octanol–water partition coefficient (Wildman–Crippen LogP) is 1.87. The number of likely N-dealkylation sites (N-methyl/N-ethyl adjacent to an activating group) is 1. The Morgan fingerprint density at radius 1 is 1.60 bits per heavy atom. The third kappa shape index (κ3) is 2.81. The summed E-state index contributed by atoms with van der Waals surface area (Å²) in [6.07, 6.45) is 3.15. The molecule has 1 saturated heterocycles. The average molecular weight is 317 g/mol. The quantitative estimate of drug-likeness (QED) is 0.863. The molecule has 0 unspecified atom stereocenters. The van der Waals surface area contributed by atoms with Crippen molar-refractivity contribution in [3.8, 4) is 0 Å². The van der Waals surface area contributed by atoms with E-state index in [2.05, 4.69) is 56.8 Å². The number of anilines is 1. The molecule has 1 aliphatic heterocycles. The second-order valence-corrected chi connectivity index (χ2v) is 5.07. The minimum atomic E-state index is 0.635. The fourth-order valence-corrected chi connectivity index (χ4v) is 2.30. The van der Waals surface area contributed by atoms with E-state index >= 15 is 0 Å². The lowest BCUT2D eigenvalue weighted by molar-refractivity contribution is 0.571. The van der Waals surface area contributed by atoms with Gasteiger partial charge >= 0.3 is 0 Å². The number of halogens is 1. The zero-order chi connectivity index (χ0) is 10.7. The van der Waals surface area contributed by atoms with Crippen LogP contribution in [0.2, 0.25) is 0 Å². The Kier molecular flexibility index (Phi) is 3.80. The van der Waals surface area contributed by atoms with Crippen LogP contribution in [0.3, 0.4) is 0 Å². The van der Waals surface area contributed by atoms with Gasteiger partial charge in [0.1, 0.15) is 5.82 Å². The first kappa shape index (κ1) is 11.1. The summed E-state index contributed by atoms with van der Waals surface area (Å²) in [7, 11) is 0. The number of aromatic nitrogens is 1. The van der Waals surface area contributed by atoms with Gasteiger partial charge in [-0.15, -0.1) is 0 Å². The van der Waals surface area contributed by atoms with Crippen LogP contribution in [0.4, 0.5) is 5.82 Å². The molecular weight excluding hydrogens is 301 g/mol. The minimum Gasteiger partial charge on any atom is -0.355 e. The van der Waals surface area contributed by atoms with Gasteiger partial charge in [0.15, 0.2) is 0 Å². The zero-order valence-electron chi connectivity index (χ0n) is 8.91. The highest BCUT2D eigenvalue weighted by atomic mass is 127. The lowest BCUT2D eigenvalue weighted by atomic mass is 10.3. The van der Waals surface area contributed by atoms with Gasteiger partial charge < -0.3 is 10.2 Å². The Hall–Kier alpha value is -0.360. The van der Waals surface area contributed by atoms with E-state index in [-0.39, 0.29) is 0 Å². The molecule has 1 aromatic rings. The summed E-state index contributed by atoms with van der Waals surface area (Å²) < 4.78 is 1.19. The van der Waals surface area contributed by atoms with Gasteiger partial charge in [-0.1, -0.05) is 6.92 Å². The van der Waals surface area contributed by atoms with E-state index in [1.165, 1.54) is 9.99 Å². The summed E-state index contributed by atoms with van der Waals surface area (Å²) in [5, 5.41) is 3.48. The molecule has 2 heterocycles. The van der Waals surface area contributed by atoms with E-state index in [0.717, 1.165) is 25.5 Å². The van der Waals surface area contributed by atoms with Gasteiger partial charge in [0.05, 0.1) is 0 Å². The molecule has 2 rings (SSSR count). The molecule has 1 aromatic heterocycles. The maximum absolute atomic E-state index is 4.45. The molecule has 0 radical (unpaired) electrons. The predicted molar refractivity (Wildman–Crippen MR) is 71.2 cm³/mol. The van der Waals surface area contributed by atoms with Gasteiger partial charge in [0.2, 0.25) is 0 Å². The summed E-state index contributed by atoms with van der Waals surface area (Å²) in [6.45, 7) is 5.41. The molecule has 82 valence electrons. The van der Waals surface area contributed by atoms with Crippen LogP contribution < -0.4 is 10.2 Å². The molecule has 0 amide bonds. The Morgan fingerprint density at radius 3 is 3.13 bits per heavy atom. The van der Waals surface area contributed by atoms with Crippen molar-refractivity contribution >= 4 is 28.4 Å². The largest absolute Gasteiger partial charge is 0.355 e. The number of nitrogens with zero attached hydrogens (tertiary/aromatic N) is 2. The summed E-state index contributed by atoms with van der Waals surface area (Å²) in [6, 6.07) is 4.86. The highest BCUT2D eigenvalue weighted by Gasteiger charge is 2.22. The molecule has 0 aromatic carbocycles. The molecule has 1 N–H and O–H groups in total. The zero-order valence-corrected chi connectivity index (χ0v) is 11.1. The normalized spacial score (nSPS) is 20.9. The van der Waals surface area contributed by atoms with Crippen LogP contribution >= 0.6 is 22.6 Å². The Balaban J connectivity index is 1.98. The standard InChI is InChI=1S/C11H16IN3/c1-2-13-10-5-6-15(8-10)11-4-3-9(12)7-14-11/h3-4,7,10,13H,2,5-6,8H2,1H3/t10-/m0/s1. The SMILES string of the molecule is CCN[C@H]1CCN(c2ccc(I)cn2)C1. The fourth-order valence-electron chi connectivity index (χ4n) is 1.98. The molecule has 1 atom stereocenters. The molecule has 0 saturated carbocycles. The van der Waals surface area contributed by atoms with Crippen LogP contribution in [0.25, 0.3) is 0 Å². The molecule has 0 bridgehead atoms. The molecule has 15 heavy (non-hydrogen) atoms. The summed E-state index contributed by atoms with van der Waals surface area (Å²) in [4.78, 5) is 6.80. The Morgan fingerprint density at radius 2 is 2.47 bits per heavy atom. The molecular formula is C11H16IN3. The van der Waals surface area contributed by atoms with Crippen LogP contribution in [0.5, 0.6) is 0 Å². The second kappa shape index (κ2) is 5.12. The molecule has 0 spiro atoms. The maximum atomic E-state index is 4.45. The molecule has 0 aliphatic carbocycles. The van der Waals surface area contributed by atoms with Gasteiger partial charge in [-0.05, 0) is 47.7 Å². The van der Waals surface area contributed by atoms with Crippen molar-refractivity contribution in [2.75, 3.05) is 24.5 Å². The third-order valence-corrected chi connectivity index (χ3v) is 3.35. The number of hydrogen-bond donors (Lipinski definition) is 1.